The lowest BCUT2D eigenvalue weighted by atomic mass is 9.48. The van der Waals surface area contributed by atoms with Crippen LogP contribution in [0.3, 0.4) is 0 Å². The standard InChI is InChI=1S/C35H46FN3O4S/c1-3-32(34(41)37-30-6-4-5-7-30)38(22-24-8-12-29(36)13-9-24)33(40)23-39(44(2,42)43)31-14-10-28(11-15-31)35-19-25-16-26(20-35)18-27(17-25)21-35/h8-15,25-27,30,32H,3-7,16-23H2,1-2H3,(H,37,41)/t25?,26?,27?,32-,35?/m1/s1. The molecule has 0 spiro atoms. The molecule has 44 heavy (non-hydrogen) atoms. The predicted octanol–water partition coefficient (Wildman–Crippen LogP) is 5.93. The molecular weight excluding hydrogens is 577 g/mol. The number of amides is 2. The smallest absolute Gasteiger partial charge is 0.244 e. The van der Waals surface area contributed by atoms with Crippen LogP contribution in [0.1, 0.15) is 88.7 Å². The molecule has 5 fully saturated rings. The molecule has 9 heteroatoms. The van der Waals surface area contributed by atoms with Crippen molar-refractivity contribution in [2.24, 2.45) is 17.8 Å². The Balaban J connectivity index is 1.24. The first-order valence-electron chi connectivity index (χ1n) is 16.5. The molecule has 5 saturated carbocycles. The van der Waals surface area contributed by atoms with Crippen LogP contribution in [0.25, 0.3) is 0 Å². The minimum atomic E-state index is -3.82. The van der Waals surface area contributed by atoms with Crippen molar-refractivity contribution in [3.63, 3.8) is 0 Å². The Bertz CT molecular complexity index is 1420. The van der Waals surface area contributed by atoms with Crippen molar-refractivity contribution in [1.29, 1.82) is 0 Å². The highest BCUT2D eigenvalue weighted by Gasteiger charge is 2.51. The molecule has 0 heterocycles. The highest BCUT2D eigenvalue weighted by atomic mass is 32.2. The number of hydrogen-bond donors (Lipinski definition) is 1. The van der Waals surface area contributed by atoms with E-state index < -0.39 is 34.3 Å². The molecule has 0 radical (unpaired) electrons. The maximum Gasteiger partial charge on any atom is 0.244 e. The molecule has 5 aliphatic rings. The fraction of sp³-hybridized carbons (Fsp3) is 0.600. The molecule has 1 atom stereocenters. The molecule has 4 bridgehead atoms. The Hall–Kier alpha value is -2.94. The summed E-state index contributed by atoms with van der Waals surface area (Å²) >= 11 is 0. The summed E-state index contributed by atoms with van der Waals surface area (Å²) in [5, 5.41) is 3.11. The molecular formula is C35H46FN3O4S. The first-order valence-corrected chi connectivity index (χ1v) is 18.3. The lowest BCUT2D eigenvalue weighted by Gasteiger charge is -2.57. The maximum atomic E-state index is 14.0. The van der Waals surface area contributed by atoms with Crippen molar-refractivity contribution in [1.82, 2.24) is 10.2 Å². The maximum absolute atomic E-state index is 14.0. The van der Waals surface area contributed by atoms with E-state index in [2.05, 4.69) is 17.4 Å². The summed E-state index contributed by atoms with van der Waals surface area (Å²) in [6.45, 7) is 1.49. The molecule has 7 rings (SSSR count). The van der Waals surface area contributed by atoms with Crippen LogP contribution in [-0.4, -0.2) is 50.0 Å². The van der Waals surface area contributed by atoms with Gasteiger partial charge in [0.05, 0.1) is 11.9 Å². The molecule has 7 nitrogen and oxygen atoms in total. The van der Waals surface area contributed by atoms with Gasteiger partial charge < -0.3 is 10.2 Å². The number of carbonyl (C=O) groups excluding carboxylic acids is 2. The average molecular weight is 624 g/mol. The third-order valence-corrected chi connectivity index (χ3v) is 12.0. The zero-order valence-corrected chi connectivity index (χ0v) is 26.8. The SMILES string of the molecule is CC[C@H](C(=O)NC1CCCC1)N(Cc1ccc(F)cc1)C(=O)CN(c1ccc(C23CC4CC(CC(C4)C2)C3)cc1)S(C)(=O)=O. The summed E-state index contributed by atoms with van der Waals surface area (Å²) in [7, 11) is -3.82. The molecule has 0 aromatic heterocycles. The number of carbonyl (C=O) groups is 2. The summed E-state index contributed by atoms with van der Waals surface area (Å²) in [5.41, 5.74) is 2.58. The number of rotatable bonds is 11. The summed E-state index contributed by atoms with van der Waals surface area (Å²) in [6.07, 6.45) is 13.1. The Morgan fingerprint density at radius 1 is 0.932 bits per heavy atom. The van der Waals surface area contributed by atoms with E-state index in [9.17, 15) is 22.4 Å². The molecule has 2 aromatic carbocycles. The Labute approximate surface area is 261 Å². The first kappa shape index (κ1) is 31.1. The third kappa shape index (κ3) is 6.53. The Kier molecular flexibility index (Phi) is 8.79. The van der Waals surface area contributed by atoms with Gasteiger partial charge in [-0.25, -0.2) is 12.8 Å². The van der Waals surface area contributed by atoms with Crippen LogP contribution in [-0.2, 0) is 31.6 Å². The molecule has 2 amide bonds. The van der Waals surface area contributed by atoms with E-state index >= 15 is 0 Å². The number of benzene rings is 2. The second kappa shape index (κ2) is 12.5. The second-order valence-electron chi connectivity index (χ2n) is 14.1. The molecule has 0 saturated heterocycles. The van der Waals surface area contributed by atoms with Crippen LogP contribution >= 0.6 is 0 Å². The van der Waals surface area contributed by atoms with Gasteiger partial charge in [-0.15, -0.1) is 0 Å². The van der Waals surface area contributed by atoms with E-state index in [1.54, 1.807) is 12.1 Å². The Morgan fingerprint density at radius 2 is 1.50 bits per heavy atom. The molecule has 0 unspecified atom stereocenters. The van der Waals surface area contributed by atoms with Crippen LogP contribution in [0.15, 0.2) is 48.5 Å². The topological polar surface area (TPSA) is 86.8 Å². The highest BCUT2D eigenvalue weighted by Crippen LogP contribution is 2.60. The molecule has 5 aliphatic carbocycles. The first-order chi connectivity index (χ1) is 21.0. The van der Waals surface area contributed by atoms with Gasteiger partial charge in [0.15, 0.2) is 0 Å². The number of nitrogens with zero attached hydrogens (tertiary/aromatic N) is 2. The zero-order chi connectivity index (χ0) is 31.1. The predicted molar refractivity (Wildman–Crippen MR) is 170 cm³/mol. The van der Waals surface area contributed by atoms with Gasteiger partial charge in [-0.3, -0.25) is 13.9 Å². The van der Waals surface area contributed by atoms with E-state index in [0.717, 1.165) is 54.0 Å². The number of halogens is 1. The van der Waals surface area contributed by atoms with Crippen molar-refractivity contribution < 1.29 is 22.4 Å². The monoisotopic (exact) mass is 623 g/mol. The van der Waals surface area contributed by atoms with Crippen molar-refractivity contribution in [2.45, 2.75) is 102 Å². The van der Waals surface area contributed by atoms with Gasteiger partial charge in [0.2, 0.25) is 21.8 Å². The van der Waals surface area contributed by atoms with Crippen molar-refractivity contribution >= 4 is 27.5 Å². The fourth-order valence-electron chi connectivity index (χ4n) is 9.13. The van der Waals surface area contributed by atoms with E-state index in [-0.39, 0.29) is 23.9 Å². The summed E-state index contributed by atoms with van der Waals surface area (Å²) in [5.74, 6) is 1.30. The molecule has 1 N–H and O–H groups in total. The largest absolute Gasteiger partial charge is 0.352 e. The van der Waals surface area contributed by atoms with E-state index in [1.807, 2.05) is 19.1 Å². The fourth-order valence-corrected chi connectivity index (χ4v) is 9.98. The van der Waals surface area contributed by atoms with Gasteiger partial charge >= 0.3 is 0 Å². The van der Waals surface area contributed by atoms with Gasteiger partial charge in [0.25, 0.3) is 0 Å². The van der Waals surface area contributed by atoms with Gasteiger partial charge in [0.1, 0.15) is 18.4 Å². The van der Waals surface area contributed by atoms with Crippen LogP contribution in [0, 0.1) is 23.6 Å². The summed E-state index contributed by atoms with van der Waals surface area (Å²) in [4.78, 5) is 29.0. The van der Waals surface area contributed by atoms with Crippen LogP contribution in [0.5, 0.6) is 0 Å². The quantitative estimate of drug-likeness (QED) is 0.337. The molecule has 238 valence electrons. The van der Waals surface area contributed by atoms with Crippen LogP contribution in [0.2, 0.25) is 0 Å². The number of sulfonamides is 1. The zero-order valence-electron chi connectivity index (χ0n) is 26.0. The minimum Gasteiger partial charge on any atom is -0.352 e. The van der Waals surface area contributed by atoms with Crippen molar-refractivity contribution in [3.05, 3.63) is 65.5 Å². The Morgan fingerprint density at radius 3 is 2.02 bits per heavy atom. The summed E-state index contributed by atoms with van der Waals surface area (Å²) in [6, 6.07) is 13.0. The van der Waals surface area contributed by atoms with Gasteiger partial charge in [-0.2, -0.15) is 0 Å². The van der Waals surface area contributed by atoms with Gasteiger partial charge in [0, 0.05) is 12.6 Å². The second-order valence-corrected chi connectivity index (χ2v) is 16.0. The van der Waals surface area contributed by atoms with Gasteiger partial charge in [-0.1, -0.05) is 44.0 Å². The summed E-state index contributed by atoms with van der Waals surface area (Å²) < 4.78 is 41.1. The van der Waals surface area contributed by atoms with Crippen molar-refractivity contribution in [3.8, 4) is 0 Å². The van der Waals surface area contributed by atoms with Crippen LogP contribution in [0.4, 0.5) is 10.1 Å². The number of anilines is 1. The highest BCUT2D eigenvalue weighted by molar-refractivity contribution is 7.92. The third-order valence-electron chi connectivity index (χ3n) is 10.8. The number of nitrogens with one attached hydrogen (secondary N) is 1. The van der Waals surface area contributed by atoms with E-state index in [0.29, 0.717) is 17.7 Å². The van der Waals surface area contributed by atoms with E-state index in [4.69, 9.17) is 0 Å². The van der Waals surface area contributed by atoms with Crippen LogP contribution < -0.4 is 9.62 Å². The normalized spacial score (nSPS) is 26.8. The lowest BCUT2D eigenvalue weighted by molar-refractivity contribution is -0.140. The average Bonchev–Trinajstić information content (AvgIpc) is 3.48. The number of hydrogen-bond acceptors (Lipinski definition) is 4. The van der Waals surface area contributed by atoms with Gasteiger partial charge in [-0.05, 0) is 116 Å². The van der Waals surface area contributed by atoms with E-state index in [1.165, 1.54) is 61.1 Å². The molecule has 0 aliphatic heterocycles. The van der Waals surface area contributed by atoms with Crippen molar-refractivity contribution in [2.75, 3.05) is 17.1 Å². The minimum absolute atomic E-state index is 0.0677. The lowest BCUT2D eigenvalue weighted by Crippen LogP contribution is -2.53. The molecule has 2 aromatic rings.